The van der Waals surface area contributed by atoms with Gasteiger partial charge in [-0.1, -0.05) is 107 Å². The van der Waals surface area contributed by atoms with Crippen LogP contribution in [0.3, 0.4) is 0 Å². The highest BCUT2D eigenvalue weighted by molar-refractivity contribution is 5.98. The Labute approximate surface area is 273 Å². The molecule has 2 heterocycles. The van der Waals surface area contributed by atoms with Crippen LogP contribution in [0.2, 0.25) is 0 Å². The molecule has 1 aliphatic carbocycles. The number of amidine groups is 1. The average Bonchev–Trinajstić information content (AvgIpc) is 3.50. The molecular weight excluding hydrogens is 556 g/mol. The minimum Gasteiger partial charge on any atom is -0.480 e. The molecule has 0 aromatic heterocycles. The maximum Gasteiger partial charge on any atom is 0.321 e. The molecule has 6 heteroatoms. The third-order valence-electron chi connectivity index (χ3n) is 10.5. The number of carboxylic acid groups (broad SMARTS) is 1. The van der Waals surface area contributed by atoms with Crippen LogP contribution >= 0.6 is 0 Å². The molecule has 2 aliphatic heterocycles. The van der Waals surface area contributed by atoms with Crippen LogP contribution in [0.1, 0.15) is 96.1 Å². The van der Waals surface area contributed by atoms with Gasteiger partial charge < -0.3 is 5.11 Å². The van der Waals surface area contributed by atoms with Crippen molar-refractivity contribution in [2.24, 2.45) is 27.7 Å². The van der Waals surface area contributed by atoms with Gasteiger partial charge in [-0.3, -0.25) is 19.6 Å². The fraction of sp³-hybridized carbons (Fsp3) is 0.615. The molecular formula is C39H58N4O2. The van der Waals surface area contributed by atoms with Gasteiger partial charge in [0.05, 0.1) is 0 Å². The maximum absolute atomic E-state index is 12.6. The molecule has 0 spiro atoms. The van der Waals surface area contributed by atoms with Crippen molar-refractivity contribution in [2.75, 3.05) is 33.2 Å². The molecule has 1 N–H and O–H groups in total. The van der Waals surface area contributed by atoms with Crippen molar-refractivity contribution in [3.8, 4) is 0 Å². The van der Waals surface area contributed by atoms with Crippen molar-refractivity contribution >= 4 is 17.5 Å². The van der Waals surface area contributed by atoms with Crippen LogP contribution in [-0.2, 0) is 11.2 Å². The molecule has 3 fully saturated rings. The lowest BCUT2D eigenvalue weighted by Gasteiger charge is -2.38. The predicted molar refractivity (Wildman–Crippen MR) is 189 cm³/mol. The van der Waals surface area contributed by atoms with Gasteiger partial charge in [0.1, 0.15) is 11.9 Å². The molecule has 0 bridgehead atoms. The summed E-state index contributed by atoms with van der Waals surface area (Å²) in [7, 11) is 1.84. The topological polar surface area (TPSA) is 68.5 Å². The third kappa shape index (κ3) is 10.1. The SMILES string of the molecule is CCC(C)C.CN=C(Cc1ccccc1)N=C(C)C1CCN(C2CN(C(C(=O)O)C3CCCCC3)CC2c2ccccc2)CC1. The first-order chi connectivity index (χ1) is 21.8. The van der Waals surface area contributed by atoms with Gasteiger partial charge in [0.15, 0.2) is 0 Å². The van der Waals surface area contributed by atoms with E-state index in [4.69, 9.17) is 4.99 Å². The Morgan fingerprint density at radius 3 is 2.07 bits per heavy atom. The number of hydrogen-bond donors (Lipinski definition) is 1. The second-order valence-electron chi connectivity index (χ2n) is 13.9. The van der Waals surface area contributed by atoms with Crippen LogP contribution in [0, 0.1) is 17.8 Å². The molecule has 1 saturated carbocycles. The average molecular weight is 615 g/mol. The van der Waals surface area contributed by atoms with Gasteiger partial charge in [0, 0.05) is 44.2 Å². The number of likely N-dealkylation sites (tertiary alicyclic amines) is 2. The summed E-state index contributed by atoms with van der Waals surface area (Å²) in [5, 5.41) is 10.3. The molecule has 0 amide bonds. The highest BCUT2D eigenvalue weighted by Crippen LogP contribution is 2.38. The first-order valence-electron chi connectivity index (χ1n) is 17.6. The molecule has 0 radical (unpaired) electrons. The molecule has 2 saturated heterocycles. The monoisotopic (exact) mass is 614 g/mol. The molecule has 3 aliphatic rings. The molecule has 3 unspecified atom stereocenters. The highest BCUT2D eigenvalue weighted by Gasteiger charge is 2.45. The van der Waals surface area contributed by atoms with Crippen molar-refractivity contribution < 1.29 is 9.90 Å². The van der Waals surface area contributed by atoms with E-state index >= 15 is 0 Å². The number of carbonyl (C=O) groups is 1. The van der Waals surface area contributed by atoms with Crippen molar-refractivity contribution in [1.29, 1.82) is 0 Å². The summed E-state index contributed by atoms with van der Waals surface area (Å²) >= 11 is 0. The Morgan fingerprint density at radius 1 is 0.911 bits per heavy atom. The Balaban J connectivity index is 0.000000854. The van der Waals surface area contributed by atoms with Gasteiger partial charge in [0.25, 0.3) is 0 Å². The molecule has 5 rings (SSSR count). The lowest BCUT2D eigenvalue weighted by Crippen LogP contribution is -2.49. The molecule has 45 heavy (non-hydrogen) atoms. The summed E-state index contributed by atoms with van der Waals surface area (Å²) in [6.07, 6.45) is 9.90. The van der Waals surface area contributed by atoms with E-state index in [0.29, 0.717) is 17.9 Å². The number of piperidine rings is 1. The van der Waals surface area contributed by atoms with Crippen LogP contribution in [0.15, 0.2) is 70.6 Å². The van der Waals surface area contributed by atoms with E-state index in [-0.39, 0.29) is 12.0 Å². The summed E-state index contributed by atoms with van der Waals surface area (Å²) in [6.45, 7) is 12.5. The van der Waals surface area contributed by atoms with E-state index in [0.717, 1.165) is 82.9 Å². The lowest BCUT2D eigenvalue weighted by atomic mass is 9.83. The maximum atomic E-state index is 12.6. The summed E-state index contributed by atoms with van der Waals surface area (Å²) in [5.41, 5.74) is 3.76. The summed E-state index contributed by atoms with van der Waals surface area (Å²) in [6, 6.07) is 21.2. The number of carboxylic acids is 1. The van der Waals surface area contributed by atoms with E-state index in [1.165, 1.54) is 29.7 Å². The number of aliphatic imine (C=N–C) groups is 2. The van der Waals surface area contributed by atoms with Crippen molar-refractivity contribution in [1.82, 2.24) is 9.80 Å². The fourth-order valence-electron chi connectivity index (χ4n) is 7.44. The minimum atomic E-state index is -0.631. The quantitative estimate of drug-likeness (QED) is 0.230. The van der Waals surface area contributed by atoms with Crippen molar-refractivity contribution in [3.05, 3.63) is 71.8 Å². The number of benzene rings is 2. The first kappa shape index (κ1) is 35.0. The fourth-order valence-corrected chi connectivity index (χ4v) is 7.44. The smallest absolute Gasteiger partial charge is 0.321 e. The zero-order valence-corrected chi connectivity index (χ0v) is 28.6. The molecule has 2 aromatic rings. The van der Waals surface area contributed by atoms with E-state index in [1.807, 2.05) is 13.1 Å². The van der Waals surface area contributed by atoms with Gasteiger partial charge in [-0.25, -0.2) is 4.99 Å². The van der Waals surface area contributed by atoms with Crippen LogP contribution < -0.4 is 0 Å². The molecule has 3 atom stereocenters. The Bertz CT molecular complexity index is 1210. The Kier molecular flexibility index (Phi) is 13.8. The van der Waals surface area contributed by atoms with Gasteiger partial charge in [0.2, 0.25) is 0 Å². The summed E-state index contributed by atoms with van der Waals surface area (Å²) in [5.74, 6) is 2.22. The van der Waals surface area contributed by atoms with Crippen LogP contribution in [-0.4, -0.2) is 77.7 Å². The number of aliphatic carboxylic acids is 1. The number of rotatable bonds is 9. The Hall–Kier alpha value is -2.83. The minimum absolute atomic E-state index is 0.274. The zero-order chi connectivity index (χ0) is 32.2. The van der Waals surface area contributed by atoms with Gasteiger partial charge in [-0.05, 0) is 74.6 Å². The Morgan fingerprint density at radius 2 is 1.51 bits per heavy atom. The molecule has 246 valence electrons. The van der Waals surface area contributed by atoms with Gasteiger partial charge in [-0.15, -0.1) is 0 Å². The van der Waals surface area contributed by atoms with Crippen molar-refractivity contribution in [2.45, 2.75) is 103 Å². The molecule has 2 aromatic carbocycles. The first-order valence-corrected chi connectivity index (χ1v) is 17.6. The highest BCUT2D eigenvalue weighted by atomic mass is 16.4. The molecule has 6 nitrogen and oxygen atoms in total. The van der Waals surface area contributed by atoms with E-state index in [2.05, 4.69) is 97.1 Å². The third-order valence-corrected chi connectivity index (χ3v) is 10.5. The summed E-state index contributed by atoms with van der Waals surface area (Å²) < 4.78 is 0. The normalized spacial score (nSPS) is 23.5. The van der Waals surface area contributed by atoms with Crippen molar-refractivity contribution in [3.63, 3.8) is 0 Å². The van der Waals surface area contributed by atoms with Crippen LogP contribution in [0.25, 0.3) is 0 Å². The second kappa shape index (κ2) is 17.8. The standard InChI is InChI=1S/C34H46N4O2.C5H12/c1-25(36-32(35-2)22-26-12-6-3-7-13-26)27-18-20-37(21-19-27)31-24-38(23-30(31)28-14-8-4-9-15-28)33(34(39)40)29-16-10-5-11-17-29;1-4-5(2)3/h3-4,6-9,12-15,27,29-31,33H,5,10-11,16-24H2,1-2H3,(H,39,40);5H,4H2,1-3H3. The number of nitrogens with zero attached hydrogens (tertiary/aromatic N) is 4. The zero-order valence-electron chi connectivity index (χ0n) is 28.6. The second-order valence-corrected chi connectivity index (χ2v) is 13.9. The van der Waals surface area contributed by atoms with Crippen LogP contribution in [0.5, 0.6) is 0 Å². The predicted octanol–water partition coefficient (Wildman–Crippen LogP) is 7.98. The lowest BCUT2D eigenvalue weighted by molar-refractivity contribution is -0.145. The largest absolute Gasteiger partial charge is 0.480 e. The van der Waals surface area contributed by atoms with E-state index < -0.39 is 5.97 Å². The number of hydrogen-bond acceptors (Lipinski definition) is 4. The summed E-state index contributed by atoms with van der Waals surface area (Å²) in [4.78, 5) is 27.0. The van der Waals surface area contributed by atoms with E-state index in [9.17, 15) is 9.90 Å². The van der Waals surface area contributed by atoms with Crippen LogP contribution in [0.4, 0.5) is 0 Å². The van der Waals surface area contributed by atoms with Gasteiger partial charge in [-0.2, -0.15) is 0 Å². The van der Waals surface area contributed by atoms with E-state index in [1.54, 1.807) is 0 Å². The van der Waals surface area contributed by atoms with Gasteiger partial charge >= 0.3 is 5.97 Å².